The Morgan fingerprint density at radius 1 is 1.14 bits per heavy atom. The molecule has 4 rings (SSSR count). The van der Waals surface area contributed by atoms with E-state index in [1.807, 2.05) is 4.90 Å². The molecule has 37 heavy (non-hydrogen) atoms. The molecule has 4 aliphatic rings. The first kappa shape index (κ1) is 28.7. The number of allylic oxidation sites excluding steroid dienone is 1. The molecule has 0 spiro atoms. The van der Waals surface area contributed by atoms with E-state index in [2.05, 4.69) is 34.6 Å². The molecule has 9 atom stereocenters. The number of methoxy groups -OCH3 is 1. The van der Waals surface area contributed by atoms with Gasteiger partial charge in [-0.15, -0.1) is 0 Å². The molecular weight excluding hydrogens is 470 g/mol. The Labute approximate surface area is 222 Å². The number of carbonyl (C=O) groups excluding carboxylic acids is 2. The van der Waals surface area contributed by atoms with Crippen LogP contribution in [0.2, 0.25) is 0 Å². The molecule has 0 bridgehead atoms. The highest BCUT2D eigenvalue weighted by molar-refractivity contribution is 5.95. The fourth-order valence-corrected chi connectivity index (χ4v) is 8.98. The van der Waals surface area contributed by atoms with Crippen LogP contribution in [0, 0.1) is 34.5 Å². The van der Waals surface area contributed by atoms with Gasteiger partial charge in [-0.2, -0.15) is 0 Å². The van der Waals surface area contributed by atoms with Gasteiger partial charge in [-0.1, -0.05) is 27.7 Å². The van der Waals surface area contributed by atoms with Crippen molar-refractivity contribution in [2.24, 2.45) is 34.5 Å². The van der Waals surface area contributed by atoms with Crippen LogP contribution >= 0.6 is 0 Å². The van der Waals surface area contributed by atoms with Crippen LogP contribution < -0.4 is 0 Å². The Kier molecular flexibility index (Phi) is 8.04. The van der Waals surface area contributed by atoms with Crippen molar-refractivity contribution in [1.82, 2.24) is 4.90 Å². The second kappa shape index (κ2) is 10.4. The Morgan fingerprint density at radius 3 is 2.43 bits per heavy atom. The van der Waals surface area contributed by atoms with Gasteiger partial charge in [0.2, 0.25) is 5.91 Å². The van der Waals surface area contributed by atoms with Crippen LogP contribution in [0.3, 0.4) is 0 Å². The summed E-state index contributed by atoms with van der Waals surface area (Å²) in [6.07, 6.45) is 5.20. The molecule has 210 valence electrons. The summed E-state index contributed by atoms with van der Waals surface area (Å²) in [7, 11) is 1.66. The van der Waals surface area contributed by atoms with Crippen LogP contribution in [-0.2, 0) is 14.3 Å². The van der Waals surface area contributed by atoms with Crippen molar-refractivity contribution in [3.05, 3.63) is 11.6 Å². The molecule has 0 aromatic carbocycles. The number of aliphatic hydroxyl groups is 3. The van der Waals surface area contributed by atoms with E-state index in [4.69, 9.17) is 4.74 Å². The lowest BCUT2D eigenvalue weighted by molar-refractivity contribution is -0.155. The van der Waals surface area contributed by atoms with E-state index in [1.54, 1.807) is 13.2 Å². The van der Waals surface area contributed by atoms with Crippen molar-refractivity contribution in [2.75, 3.05) is 20.3 Å². The number of nitrogens with zero attached hydrogens (tertiary/aromatic N) is 1. The summed E-state index contributed by atoms with van der Waals surface area (Å²) >= 11 is 0. The van der Waals surface area contributed by atoms with E-state index in [-0.39, 0.29) is 47.8 Å². The Morgan fingerprint density at radius 2 is 1.81 bits per heavy atom. The number of carbonyl (C=O) groups is 2. The lowest BCUT2D eigenvalue weighted by Crippen LogP contribution is -2.62. The van der Waals surface area contributed by atoms with Gasteiger partial charge in [-0.05, 0) is 87.2 Å². The summed E-state index contributed by atoms with van der Waals surface area (Å²) in [4.78, 5) is 29.0. The molecule has 0 aromatic heterocycles. The largest absolute Gasteiger partial charge is 0.390 e. The molecule has 0 heterocycles. The molecule has 3 fully saturated rings. The van der Waals surface area contributed by atoms with Gasteiger partial charge in [0.15, 0.2) is 5.78 Å². The van der Waals surface area contributed by atoms with Crippen molar-refractivity contribution >= 4 is 11.7 Å². The zero-order chi connectivity index (χ0) is 27.3. The van der Waals surface area contributed by atoms with E-state index in [1.165, 1.54) is 0 Å². The first-order chi connectivity index (χ1) is 17.4. The van der Waals surface area contributed by atoms with Gasteiger partial charge < -0.3 is 25.0 Å². The summed E-state index contributed by atoms with van der Waals surface area (Å²) in [5.74, 6) is -0.120. The van der Waals surface area contributed by atoms with Crippen LogP contribution in [-0.4, -0.2) is 76.0 Å². The zero-order valence-electron chi connectivity index (χ0n) is 23.7. The summed E-state index contributed by atoms with van der Waals surface area (Å²) in [6, 6.07) is -0.0614. The van der Waals surface area contributed by atoms with Gasteiger partial charge in [-0.3, -0.25) is 9.59 Å². The Balaban J connectivity index is 1.67. The van der Waals surface area contributed by atoms with Gasteiger partial charge in [-0.25, -0.2) is 0 Å². The lowest BCUT2D eigenvalue weighted by atomic mass is 9.46. The topological polar surface area (TPSA) is 107 Å². The molecule has 3 unspecified atom stereocenters. The Bertz CT molecular complexity index is 916. The fourth-order valence-electron chi connectivity index (χ4n) is 8.98. The number of ketones is 1. The standard InChI is InChI=1S/C30H49NO6/c1-7-19(8-2)27(35)31(13-14-37-6)18(3)20-10-12-30(36)22-15-24(32)23-16-25(33)26(34)17-28(23,4)21(22)9-11-29(20,30)5/h15,18-21,23,25-26,33-34,36H,7-14,16-17H2,1-6H3/t18?,20?,21?,23-,25+,26-,28+,29+,30+/m0/s1. The second-order valence-corrected chi connectivity index (χ2v) is 12.9. The molecule has 0 saturated heterocycles. The first-order valence-corrected chi connectivity index (χ1v) is 14.5. The summed E-state index contributed by atoms with van der Waals surface area (Å²) in [5.41, 5.74) is -1.23. The van der Waals surface area contributed by atoms with E-state index in [9.17, 15) is 24.9 Å². The normalized spacial score (nSPS) is 42.1. The van der Waals surface area contributed by atoms with E-state index in [0.29, 0.717) is 26.0 Å². The smallest absolute Gasteiger partial charge is 0.225 e. The van der Waals surface area contributed by atoms with Gasteiger partial charge in [0.05, 0.1) is 24.4 Å². The minimum Gasteiger partial charge on any atom is -0.390 e. The molecular formula is C30H49NO6. The summed E-state index contributed by atoms with van der Waals surface area (Å²) in [5, 5.41) is 33.3. The van der Waals surface area contributed by atoms with Crippen molar-refractivity contribution in [3.63, 3.8) is 0 Å². The van der Waals surface area contributed by atoms with Crippen LogP contribution in [0.5, 0.6) is 0 Å². The number of amides is 1. The third-order valence-electron chi connectivity index (χ3n) is 11.4. The second-order valence-electron chi connectivity index (χ2n) is 12.9. The molecule has 0 aliphatic heterocycles. The number of ether oxygens (including phenoxy) is 1. The predicted octanol–water partition coefficient (Wildman–Crippen LogP) is 3.49. The highest BCUT2D eigenvalue weighted by Crippen LogP contribution is 2.67. The summed E-state index contributed by atoms with van der Waals surface area (Å²) in [6.45, 7) is 11.5. The van der Waals surface area contributed by atoms with E-state index in [0.717, 1.165) is 37.7 Å². The molecule has 4 aliphatic carbocycles. The molecule has 7 nitrogen and oxygen atoms in total. The zero-order valence-corrected chi connectivity index (χ0v) is 23.7. The monoisotopic (exact) mass is 519 g/mol. The van der Waals surface area contributed by atoms with Gasteiger partial charge in [0.1, 0.15) is 0 Å². The van der Waals surface area contributed by atoms with Gasteiger partial charge in [0.25, 0.3) is 0 Å². The Hall–Kier alpha value is -1.28. The maximum atomic E-state index is 13.6. The maximum absolute atomic E-state index is 13.6. The molecule has 0 radical (unpaired) electrons. The van der Waals surface area contributed by atoms with E-state index < -0.39 is 28.6 Å². The van der Waals surface area contributed by atoms with Gasteiger partial charge >= 0.3 is 0 Å². The molecule has 0 aromatic rings. The molecule has 3 saturated carbocycles. The number of hydrogen-bond donors (Lipinski definition) is 3. The number of fused-ring (bicyclic) bond motifs is 5. The van der Waals surface area contributed by atoms with Crippen molar-refractivity contribution < 1.29 is 29.6 Å². The highest BCUT2D eigenvalue weighted by Gasteiger charge is 2.67. The quantitative estimate of drug-likeness (QED) is 0.453. The van der Waals surface area contributed by atoms with Crippen molar-refractivity contribution in [3.8, 4) is 0 Å². The third kappa shape index (κ3) is 4.32. The highest BCUT2D eigenvalue weighted by atomic mass is 16.5. The first-order valence-electron chi connectivity index (χ1n) is 14.5. The molecule has 3 N–H and O–H groups in total. The fraction of sp³-hybridized carbons (Fsp3) is 0.867. The van der Waals surface area contributed by atoms with Crippen molar-refractivity contribution in [2.45, 2.75) is 110 Å². The van der Waals surface area contributed by atoms with Crippen LogP contribution in [0.1, 0.15) is 86.0 Å². The maximum Gasteiger partial charge on any atom is 0.225 e. The molecule has 1 amide bonds. The van der Waals surface area contributed by atoms with Crippen LogP contribution in [0.15, 0.2) is 11.6 Å². The number of rotatable bonds is 8. The van der Waals surface area contributed by atoms with Gasteiger partial charge in [0, 0.05) is 36.9 Å². The average molecular weight is 520 g/mol. The van der Waals surface area contributed by atoms with Crippen LogP contribution in [0.4, 0.5) is 0 Å². The lowest BCUT2D eigenvalue weighted by Gasteiger charge is -2.60. The summed E-state index contributed by atoms with van der Waals surface area (Å²) < 4.78 is 5.37. The SMILES string of the molecule is CCC(CC)C(=O)N(CCOC)C(C)C1CC[C@@]2(O)C3=CC(=O)[C@@H]4C[C@@H](O)[C@@H](O)C[C@]4(C)C3CC[C@]12C. The minimum absolute atomic E-state index is 0.000251. The number of aliphatic hydroxyl groups excluding tert-OH is 2. The van der Waals surface area contributed by atoms with E-state index >= 15 is 0 Å². The predicted molar refractivity (Wildman–Crippen MR) is 142 cm³/mol. The third-order valence-corrected chi connectivity index (χ3v) is 11.4. The van der Waals surface area contributed by atoms with Crippen molar-refractivity contribution in [1.29, 1.82) is 0 Å². The molecule has 7 heteroatoms. The number of hydrogen-bond acceptors (Lipinski definition) is 6. The van der Waals surface area contributed by atoms with Crippen LogP contribution in [0.25, 0.3) is 0 Å². The minimum atomic E-state index is -1.12. The average Bonchev–Trinajstić information content (AvgIpc) is 3.13.